The summed E-state index contributed by atoms with van der Waals surface area (Å²) < 4.78 is 31.7. The zero-order chi connectivity index (χ0) is 29.0. The van der Waals surface area contributed by atoms with E-state index >= 15 is 0 Å². The average Bonchev–Trinajstić information content (AvgIpc) is 3.42. The number of nitrogens with zero attached hydrogens (tertiary/aromatic N) is 2. The first kappa shape index (κ1) is 31.2. The highest BCUT2D eigenvalue weighted by Gasteiger charge is 2.43. The third kappa shape index (κ3) is 7.98. The summed E-state index contributed by atoms with van der Waals surface area (Å²) in [6.45, 7) is 9.67. The van der Waals surface area contributed by atoms with Crippen LogP contribution in [0, 0.1) is 12.3 Å². The molecule has 2 amide bonds. The number of likely N-dealkylation sites (tertiary alicyclic amines) is 1. The fourth-order valence-corrected chi connectivity index (χ4v) is 4.56. The quantitative estimate of drug-likeness (QED) is 0.441. The summed E-state index contributed by atoms with van der Waals surface area (Å²) in [7, 11) is 0. The molecular formula is C25H33F3N4O5S. The van der Waals surface area contributed by atoms with Gasteiger partial charge in [-0.05, 0) is 30.4 Å². The molecule has 1 fully saturated rings. The molecular weight excluding hydrogens is 525 g/mol. The van der Waals surface area contributed by atoms with Gasteiger partial charge in [-0.1, -0.05) is 45.0 Å². The molecule has 3 rings (SSSR count). The summed E-state index contributed by atoms with van der Waals surface area (Å²) in [5.74, 6) is -3.34. The monoisotopic (exact) mass is 558 g/mol. The summed E-state index contributed by atoms with van der Waals surface area (Å²) in [6.07, 6.45) is -5.60. The van der Waals surface area contributed by atoms with Crippen LogP contribution in [-0.4, -0.2) is 68.8 Å². The van der Waals surface area contributed by atoms with Crippen molar-refractivity contribution in [2.45, 2.75) is 71.4 Å². The Morgan fingerprint density at radius 1 is 1.18 bits per heavy atom. The number of carbonyl (C=O) groups is 3. The van der Waals surface area contributed by atoms with Crippen molar-refractivity contribution < 1.29 is 37.8 Å². The van der Waals surface area contributed by atoms with Crippen LogP contribution in [0.15, 0.2) is 29.8 Å². The number of aromatic nitrogens is 1. The fraction of sp³-hybridized carbons (Fsp3) is 0.520. The van der Waals surface area contributed by atoms with E-state index < -0.39 is 35.7 Å². The number of carboxylic acid groups (broad SMARTS) is 1. The Morgan fingerprint density at radius 3 is 2.18 bits per heavy atom. The van der Waals surface area contributed by atoms with Gasteiger partial charge in [-0.25, -0.2) is 9.78 Å². The third-order valence-corrected chi connectivity index (χ3v) is 7.06. The number of amides is 2. The number of nitrogens with two attached hydrogens (primary N) is 1. The van der Waals surface area contributed by atoms with Crippen molar-refractivity contribution in [1.82, 2.24) is 15.2 Å². The van der Waals surface area contributed by atoms with Crippen LogP contribution >= 0.6 is 11.3 Å². The molecule has 13 heteroatoms. The predicted octanol–water partition coefficient (Wildman–Crippen LogP) is 3.26. The van der Waals surface area contributed by atoms with Crippen molar-refractivity contribution in [1.29, 1.82) is 0 Å². The number of hydrogen-bond acceptors (Lipinski definition) is 7. The number of aliphatic hydroxyl groups is 1. The number of halogens is 3. The van der Waals surface area contributed by atoms with Gasteiger partial charge in [0.25, 0.3) is 0 Å². The van der Waals surface area contributed by atoms with Crippen LogP contribution in [0.25, 0.3) is 10.4 Å². The van der Waals surface area contributed by atoms with Gasteiger partial charge in [0, 0.05) is 13.0 Å². The summed E-state index contributed by atoms with van der Waals surface area (Å²) in [6, 6.07) is 6.32. The van der Waals surface area contributed by atoms with E-state index in [1.807, 2.05) is 64.4 Å². The number of nitrogens with one attached hydrogen (secondary N) is 1. The standard InChI is InChI=1S/C23H32N4O3S.C2HF3O2/c1-13(15-6-8-16(9-7-15)19-14(2)25-12-31-19)26-21(29)18-10-17(28)11-27(18)22(30)20(24)23(3,4)5;3-2(4,5)1(6)7/h6-9,12-13,17-18,20,28H,10-11,24H2,1-5H3,(H,26,29);(H,6,7)/t13-,17+,18-,20?;/m0./s1. The number of aryl methyl sites for hydroxylation is 1. The van der Waals surface area contributed by atoms with Gasteiger partial charge in [0.2, 0.25) is 11.8 Å². The summed E-state index contributed by atoms with van der Waals surface area (Å²) in [4.78, 5) is 41.6. The molecule has 1 aliphatic rings. The molecule has 0 spiro atoms. The number of aliphatic carboxylic acids is 1. The van der Waals surface area contributed by atoms with Crippen LogP contribution in [0.5, 0.6) is 0 Å². The molecule has 1 aliphatic heterocycles. The second-order valence-electron chi connectivity index (χ2n) is 10.2. The van der Waals surface area contributed by atoms with Gasteiger partial charge in [-0.15, -0.1) is 11.3 Å². The number of carbonyl (C=O) groups excluding carboxylic acids is 2. The molecule has 210 valence electrons. The number of alkyl halides is 3. The van der Waals surface area contributed by atoms with Gasteiger partial charge >= 0.3 is 12.1 Å². The lowest BCUT2D eigenvalue weighted by atomic mass is 9.86. The lowest BCUT2D eigenvalue weighted by molar-refractivity contribution is -0.192. The maximum absolute atomic E-state index is 13.0. The summed E-state index contributed by atoms with van der Waals surface area (Å²) in [5, 5.41) is 20.2. The molecule has 38 heavy (non-hydrogen) atoms. The third-order valence-electron chi connectivity index (χ3n) is 6.08. The number of β-amino-alcohol motifs (C(OH)–C–C–N with tert-alkyl or cyclic N) is 1. The van der Waals surface area contributed by atoms with Crippen LogP contribution in [0.2, 0.25) is 0 Å². The first-order valence-electron chi connectivity index (χ1n) is 11.8. The van der Waals surface area contributed by atoms with Crippen molar-refractivity contribution >= 4 is 29.1 Å². The minimum atomic E-state index is -5.08. The highest BCUT2D eigenvalue weighted by molar-refractivity contribution is 7.13. The number of benzene rings is 1. The van der Waals surface area contributed by atoms with Gasteiger partial charge in [0.1, 0.15) is 6.04 Å². The van der Waals surface area contributed by atoms with Gasteiger partial charge in [0.15, 0.2) is 0 Å². The molecule has 2 aromatic rings. The van der Waals surface area contributed by atoms with E-state index in [1.54, 1.807) is 11.3 Å². The first-order chi connectivity index (χ1) is 17.4. The van der Waals surface area contributed by atoms with Crippen molar-refractivity contribution in [3.63, 3.8) is 0 Å². The zero-order valence-corrected chi connectivity index (χ0v) is 22.6. The van der Waals surface area contributed by atoms with Crippen LogP contribution < -0.4 is 11.1 Å². The number of carboxylic acids is 1. The molecule has 0 aliphatic carbocycles. The average molecular weight is 559 g/mol. The Morgan fingerprint density at radius 2 is 1.74 bits per heavy atom. The van der Waals surface area contributed by atoms with Crippen molar-refractivity contribution in [3.05, 3.63) is 41.0 Å². The Labute approximate surface area is 222 Å². The summed E-state index contributed by atoms with van der Waals surface area (Å²) in [5.41, 5.74) is 10.6. The van der Waals surface area contributed by atoms with Gasteiger partial charge in [-0.3, -0.25) is 9.59 Å². The maximum Gasteiger partial charge on any atom is 0.490 e. The van der Waals surface area contributed by atoms with Gasteiger partial charge < -0.3 is 26.2 Å². The van der Waals surface area contributed by atoms with Gasteiger partial charge in [0.05, 0.1) is 34.3 Å². The molecule has 1 saturated heterocycles. The second-order valence-corrected chi connectivity index (χ2v) is 11.0. The second kappa shape index (κ2) is 12.2. The molecule has 0 radical (unpaired) electrons. The predicted molar refractivity (Wildman–Crippen MR) is 136 cm³/mol. The minimum absolute atomic E-state index is 0.123. The molecule has 0 bridgehead atoms. The molecule has 4 atom stereocenters. The van der Waals surface area contributed by atoms with E-state index in [-0.39, 0.29) is 30.8 Å². The smallest absolute Gasteiger partial charge is 0.475 e. The lowest BCUT2D eigenvalue weighted by Crippen LogP contribution is -2.55. The Balaban J connectivity index is 0.000000638. The van der Waals surface area contributed by atoms with Gasteiger partial charge in [-0.2, -0.15) is 13.2 Å². The van der Waals surface area contributed by atoms with E-state index in [1.165, 1.54) is 4.90 Å². The van der Waals surface area contributed by atoms with Crippen molar-refractivity contribution in [2.75, 3.05) is 6.54 Å². The molecule has 5 N–H and O–H groups in total. The van der Waals surface area contributed by atoms with Crippen molar-refractivity contribution in [2.24, 2.45) is 11.1 Å². The van der Waals surface area contributed by atoms with E-state index in [4.69, 9.17) is 15.6 Å². The minimum Gasteiger partial charge on any atom is -0.475 e. The number of hydrogen-bond donors (Lipinski definition) is 4. The molecule has 2 heterocycles. The van der Waals surface area contributed by atoms with Crippen LogP contribution in [-0.2, 0) is 14.4 Å². The van der Waals surface area contributed by atoms with E-state index in [2.05, 4.69) is 10.3 Å². The Bertz CT molecular complexity index is 1130. The van der Waals surface area contributed by atoms with E-state index in [0.717, 1.165) is 21.7 Å². The normalized spacial score (nSPS) is 19.3. The van der Waals surface area contributed by atoms with Crippen molar-refractivity contribution in [3.8, 4) is 10.4 Å². The molecule has 1 unspecified atom stereocenters. The molecule has 9 nitrogen and oxygen atoms in total. The Kier molecular flexibility index (Phi) is 10.0. The number of aliphatic hydroxyl groups excluding tert-OH is 1. The maximum atomic E-state index is 13.0. The van der Waals surface area contributed by atoms with Crippen LogP contribution in [0.3, 0.4) is 0 Å². The largest absolute Gasteiger partial charge is 0.490 e. The highest BCUT2D eigenvalue weighted by Crippen LogP contribution is 2.29. The fourth-order valence-electron chi connectivity index (χ4n) is 3.75. The molecule has 1 aromatic carbocycles. The molecule has 0 saturated carbocycles. The molecule has 1 aromatic heterocycles. The van der Waals surface area contributed by atoms with E-state index in [0.29, 0.717) is 0 Å². The Hall–Kier alpha value is -3.03. The number of thiazole rings is 1. The topological polar surface area (TPSA) is 146 Å². The van der Waals surface area contributed by atoms with Crippen LogP contribution in [0.4, 0.5) is 13.2 Å². The zero-order valence-electron chi connectivity index (χ0n) is 21.7. The first-order valence-corrected chi connectivity index (χ1v) is 12.7. The summed E-state index contributed by atoms with van der Waals surface area (Å²) >= 11 is 1.60. The SMILES string of the molecule is Cc1ncsc1-c1ccc([C@H](C)NC(=O)[C@@H]2C[C@@H](O)CN2C(=O)C(N)C(C)(C)C)cc1.O=C(O)C(F)(F)F. The lowest BCUT2D eigenvalue weighted by Gasteiger charge is -2.32. The van der Waals surface area contributed by atoms with Crippen LogP contribution in [0.1, 0.15) is 51.4 Å². The highest BCUT2D eigenvalue weighted by atomic mass is 32.1. The number of rotatable bonds is 5. The van der Waals surface area contributed by atoms with E-state index in [9.17, 15) is 27.9 Å².